The summed E-state index contributed by atoms with van der Waals surface area (Å²) in [7, 11) is 0. The minimum atomic E-state index is -0.170. The average molecular weight is 298 g/mol. The molecule has 0 spiro atoms. The number of benzene rings is 1. The second-order valence-electron chi connectivity index (χ2n) is 5.90. The zero-order valence-corrected chi connectivity index (χ0v) is 13.1. The molecule has 1 saturated carbocycles. The number of nitrogens with one attached hydrogen (secondary N) is 1. The molecule has 1 unspecified atom stereocenters. The molecule has 0 aromatic heterocycles. The summed E-state index contributed by atoms with van der Waals surface area (Å²) in [4.78, 5) is 0. The molecule has 1 aliphatic rings. The van der Waals surface area contributed by atoms with Crippen LogP contribution in [0.1, 0.15) is 51.0 Å². The molecule has 112 valence electrons. The predicted octanol–water partition coefficient (Wildman–Crippen LogP) is 4.97. The first-order valence-corrected chi connectivity index (χ1v) is 8.25. The smallest absolute Gasteiger partial charge is 0.127 e. The van der Waals surface area contributed by atoms with E-state index >= 15 is 0 Å². The monoisotopic (exact) mass is 297 g/mol. The van der Waals surface area contributed by atoms with Crippen LogP contribution in [-0.2, 0) is 6.42 Å². The van der Waals surface area contributed by atoms with Crippen molar-refractivity contribution in [3.63, 3.8) is 0 Å². The number of hydrogen-bond acceptors (Lipinski definition) is 1. The van der Waals surface area contributed by atoms with Gasteiger partial charge in [-0.1, -0.05) is 43.9 Å². The van der Waals surface area contributed by atoms with Gasteiger partial charge in [0.25, 0.3) is 0 Å². The first kappa shape index (κ1) is 15.8. The van der Waals surface area contributed by atoms with Crippen molar-refractivity contribution < 1.29 is 4.39 Å². The molecule has 0 radical (unpaired) electrons. The van der Waals surface area contributed by atoms with Gasteiger partial charge < -0.3 is 5.32 Å². The van der Waals surface area contributed by atoms with E-state index in [0.717, 1.165) is 24.9 Å². The van der Waals surface area contributed by atoms with Crippen molar-refractivity contribution in [2.45, 2.75) is 57.9 Å². The highest BCUT2D eigenvalue weighted by Gasteiger charge is 2.24. The highest BCUT2D eigenvalue weighted by Crippen LogP contribution is 2.29. The van der Waals surface area contributed by atoms with Gasteiger partial charge in [0.1, 0.15) is 5.82 Å². The molecule has 0 aliphatic heterocycles. The lowest BCUT2D eigenvalue weighted by atomic mass is 9.81. The Bertz CT molecular complexity index is 415. The standard InChI is InChI=1S/C17H25ClFN/c1-2-10-20-17(13-6-4-3-5-7-13)11-14-8-9-15(18)12-16(14)19/h8-9,12-13,17,20H,2-7,10-11H2,1H3. The van der Waals surface area contributed by atoms with E-state index in [1.165, 1.54) is 38.2 Å². The molecule has 0 amide bonds. The molecule has 1 aliphatic carbocycles. The molecule has 1 aromatic rings. The molecular formula is C17H25ClFN. The van der Waals surface area contributed by atoms with Crippen LogP contribution in [0.15, 0.2) is 18.2 Å². The van der Waals surface area contributed by atoms with Gasteiger partial charge in [-0.05, 0) is 55.8 Å². The van der Waals surface area contributed by atoms with E-state index in [9.17, 15) is 4.39 Å². The van der Waals surface area contributed by atoms with Gasteiger partial charge in [0.05, 0.1) is 0 Å². The largest absolute Gasteiger partial charge is 0.313 e. The van der Waals surface area contributed by atoms with Crippen LogP contribution >= 0.6 is 11.6 Å². The number of rotatable bonds is 6. The van der Waals surface area contributed by atoms with Crippen molar-refractivity contribution >= 4 is 11.6 Å². The van der Waals surface area contributed by atoms with Gasteiger partial charge in [-0.25, -0.2) is 4.39 Å². The van der Waals surface area contributed by atoms with Crippen LogP contribution < -0.4 is 5.32 Å². The lowest BCUT2D eigenvalue weighted by Crippen LogP contribution is -2.39. The molecule has 3 heteroatoms. The highest BCUT2D eigenvalue weighted by atomic mass is 35.5. The van der Waals surface area contributed by atoms with E-state index in [-0.39, 0.29) is 5.82 Å². The SMILES string of the molecule is CCCNC(Cc1ccc(Cl)cc1F)C1CCCCC1. The summed E-state index contributed by atoms with van der Waals surface area (Å²) in [5.41, 5.74) is 0.786. The molecule has 20 heavy (non-hydrogen) atoms. The third kappa shape index (κ3) is 4.46. The van der Waals surface area contributed by atoms with Gasteiger partial charge in [0.2, 0.25) is 0 Å². The Labute approximate surface area is 126 Å². The van der Waals surface area contributed by atoms with E-state index in [0.29, 0.717) is 17.0 Å². The molecule has 0 bridgehead atoms. The van der Waals surface area contributed by atoms with Crippen LogP contribution in [0.2, 0.25) is 5.02 Å². The molecule has 1 aromatic carbocycles. The summed E-state index contributed by atoms with van der Waals surface area (Å²) in [5, 5.41) is 4.10. The van der Waals surface area contributed by atoms with Crippen molar-refractivity contribution in [1.29, 1.82) is 0 Å². The fourth-order valence-electron chi connectivity index (χ4n) is 3.20. The molecule has 1 nitrogen and oxygen atoms in total. The van der Waals surface area contributed by atoms with Crippen molar-refractivity contribution in [2.75, 3.05) is 6.54 Å². The summed E-state index contributed by atoms with van der Waals surface area (Å²) in [5.74, 6) is 0.516. The Morgan fingerprint density at radius 3 is 2.70 bits per heavy atom. The number of hydrogen-bond donors (Lipinski definition) is 1. The average Bonchev–Trinajstić information content (AvgIpc) is 2.46. The van der Waals surface area contributed by atoms with E-state index in [4.69, 9.17) is 11.6 Å². The van der Waals surface area contributed by atoms with Crippen LogP contribution in [0.25, 0.3) is 0 Å². The van der Waals surface area contributed by atoms with Crippen LogP contribution in [0.3, 0.4) is 0 Å². The Morgan fingerprint density at radius 1 is 1.30 bits per heavy atom. The normalized spacial score (nSPS) is 18.1. The summed E-state index contributed by atoms with van der Waals surface area (Å²) >= 11 is 5.83. The van der Waals surface area contributed by atoms with E-state index in [1.807, 2.05) is 6.07 Å². The summed E-state index contributed by atoms with van der Waals surface area (Å²) in [6, 6.07) is 5.44. The van der Waals surface area contributed by atoms with Crippen molar-refractivity contribution in [1.82, 2.24) is 5.32 Å². The van der Waals surface area contributed by atoms with E-state index < -0.39 is 0 Å². The summed E-state index contributed by atoms with van der Waals surface area (Å²) < 4.78 is 14.0. The maximum absolute atomic E-state index is 14.0. The lowest BCUT2D eigenvalue weighted by Gasteiger charge is -2.31. The Morgan fingerprint density at radius 2 is 2.05 bits per heavy atom. The maximum Gasteiger partial charge on any atom is 0.127 e. The fraction of sp³-hybridized carbons (Fsp3) is 0.647. The molecule has 1 N–H and O–H groups in total. The van der Waals surface area contributed by atoms with Crippen LogP contribution in [0, 0.1) is 11.7 Å². The zero-order valence-electron chi connectivity index (χ0n) is 12.3. The second-order valence-corrected chi connectivity index (χ2v) is 6.33. The Hall–Kier alpha value is -0.600. The van der Waals surface area contributed by atoms with Crippen LogP contribution in [-0.4, -0.2) is 12.6 Å². The maximum atomic E-state index is 14.0. The van der Waals surface area contributed by atoms with Gasteiger partial charge >= 0.3 is 0 Å². The third-order valence-corrected chi connectivity index (χ3v) is 4.57. The zero-order chi connectivity index (χ0) is 14.4. The van der Waals surface area contributed by atoms with Crippen LogP contribution in [0.4, 0.5) is 4.39 Å². The molecule has 0 saturated heterocycles. The minimum Gasteiger partial charge on any atom is -0.313 e. The topological polar surface area (TPSA) is 12.0 Å². The first-order valence-electron chi connectivity index (χ1n) is 7.88. The summed E-state index contributed by atoms with van der Waals surface area (Å²) in [6.07, 6.45) is 8.43. The van der Waals surface area contributed by atoms with E-state index in [1.54, 1.807) is 6.07 Å². The van der Waals surface area contributed by atoms with Crippen molar-refractivity contribution in [3.05, 3.63) is 34.6 Å². The lowest BCUT2D eigenvalue weighted by molar-refractivity contribution is 0.266. The van der Waals surface area contributed by atoms with Crippen molar-refractivity contribution in [2.24, 2.45) is 5.92 Å². The molecular weight excluding hydrogens is 273 g/mol. The molecule has 1 atom stereocenters. The Balaban J connectivity index is 2.05. The van der Waals surface area contributed by atoms with Gasteiger partial charge in [0, 0.05) is 11.1 Å². The predicted molar refractivity (Wildman–Crippen MR) is 83.8 cm³/mol. The van der Waals surface area contributed by atoms with Crippen molar-refractivity contribution in [3.8, 4) is 0 Å². The van der Waals surface area contributed by atoms with E-state index in [2.05, 4.69) is 12.2 Å². The third-order valence-electron chi connectivity index (χ3n) is 4.33. The molecule has 2 rings (SSSR count). The number of halogens is 2. The Kier molecular flexibility index (Phi) is 6.31. The minimum absolute atomic E-state index is 0.170. The molecule has 0 heterocycles. The summed E-state index contributed by atoms with van der Waals surface area (Å²) in [6.45, 7) is 3.18. The van der Waals surface area contributed by atoms with Gasteiger partial charge in [-0.3, -0.25) is 0 Å². The van der Waals surface area contributed by atoms with Crippen LogP contribution in [0.5, 0.6) is 0 Å². The molecule has 1 fully saturated rings. The first-order chi connectivity index (χ1) is 9.70. The second kappa shape index (κ2) is 7.99. The van der Waals surface area contributed by atoms with Gasteiger partial charge in [0.15, 0.2) is 0 Å². The quantitative estimate of drug-likeness (QED) is 0.781. The fourth-order valence-corrected chi connectivity index (χ4v) is 3.35. The van der Waals surface area contributed by atoms with Gasteiger partial charge in [-0.15, -0.1) is 0 Å². The van der Waals surface area contributed by atoms with Gasteiger partial charge in [-0.2, -0.15) is 0 Å². The highest BCUT2D eigenvalue weighted by molar-refractivity contribution is 6.30.